The topological polar surface area (TPSA) is 12.0 Å². The molecule has 0 unspecified atom stereocenters. The van der Waals surface area contributed by atoms with E-state index in [1.165, 1.54) is 17.0 Å². The average Bonchev–Trinajstić information content (AvgIpc) is 2.61. The van der Waals surface area contributed by atoms with Crippen molar-refractivity contribution < 1.29 is 4.39 Å². The lowest BCUT2D eigenvalue weighted by Crippen LogP contribution is -2.11. The minimum atomic E-state index is -0.206. The number of rotatable bonds is 4. The first-order valence-corrected chi connectivity index (χ1v) is 7.03. The summed E-state index contributed by atoms with van der Waals surface area (Å²) in [7, 11) is 0. The third kappa shape index (κ3) is 3.78. The van der Waals surface area contributed by atoms with Crippen LogP contribution in [0.3, 0.4) is 0 Å². The van der Waals surface area contributed by atoms with Gasteiger partial charge in [0.2, 0.25) is 0 Å². The molecule has 0 fully saturated rings. The number of hydrogen-bond acceptors (Lipinski definition) is 2. The number of halogens is 3. The Morgan fingerprint density at radius 3 is 2.53 bits per heavy atom. The van der Waals surface area contributed by atoms with Gasteiger partial charge in [0.15, 0.2) is 0 Å². The highest BCUT2D eigenvalue weighted by Crippen LogP contribution is 2.31. The minimum absolute atomic E-state index is 0.206. The molecular formula is C12H10BrClFNS. The van der Waals surface area contributed by atoms with Crippen LogP contribution in [0.2, 0.25) is 4.34 Å². The van der Waals surface area contributed by atoms with Crippen molar-refractivity contribution in [2.45, 2.75) is 13.1 Å². The van der Waals surface area contributed by atoms with Crippen LogP contribution in [-0.4, -0.2) is 0 Å². The zero-order chi connectivity index (χ0) is 12.3. The lowest BCUT2D eigenvalue weighted by atomic mass is 10.2. The monoisotopic (exact) mass is 333 g/mol. The van der Waals surface area contributed by atoms with Crippen LogP contribution in [0.1, 0.15) is 10.4 Å². The summed E-state index contributed by atoms with van der Waals surface area (Å²) in [5.74, 6) is -0.206. The van der Waals surface area contributed by atoms with Gasteiger partial charge in [0.25, 0.3) is 0 Å². The molecular weight excluding hydrogens is 325 g/mol. The van der Waals surface area contributed by atoms with Crippen molar-refractivity contribution in [1.29, 1.82) is 0 Å². The van der Waals surface area contributed by atoms with Gasteiger partial charge in [0, 0.05) is 22.4 Å². The molecule has 17 heavy (non-hydrogen) atoms. The summed E-state index contributed by atoms with van der Waals surface area (Å²) in [6.45, 7) is 1.47. The Kier molecular flexibility index (Phi) is 4.56. The molecule has 0 aliphatic carbocycles. The number of thiophene rings is 1. The van der Waals surface area contributed by atoms with Gasteiger partial charge in [-0.1, -0.05) is 23.7 Å². The van der Waals surface area contributed by atoms with E-state index in [0.717, 1.165) is 20.9 Å². The number of benzene rings is 1. The lowest BCUT2D eigenvalue weighted by molar-refractivity contribution is 0.625. The summed E-state index contributed by atoms with van der Waals surface area (Å²) in [5, 5.41) is 3.29. The van der Waals surface area contributed by atoms with Crippen molar-refractivity contribution in [3.05, 3.63) is 55.4 Å². The molecule has 1 heterocycles. The maximum absolute atomic E-state index is 12.7. The molecule has 1 N–H and O–H groups in total. The van der Waals surface area contributed by atoms with Crippen LogP contribution in [0.4, 0.5) is 4.39 Å². The molecule has 2 aromatic rings. The van der Waals surface area contributed by atoms with Gasteiger partial charge < -0.3 is 5.32 Å². The van der Waals surface area contributed by atoms with E-state index in [-0.39, 0.29) is 5.82 Å². The van der Waals surface area contributed by atoms with Crippen LogP contribution >= 0.6 is 38.9 Å². The summed E-state index contributed by atoms with van der Waals surface area (Å²) in [4.78, 5) is 1.17. The number of nitrogens with one attached hydrogen (secondary N) is 1. The average molecular weight is 335 g/mol. The molecule has 5 heteroatoms. The van der Waals surface area contributed by atoms with Crippen molar-refractivity contribution in [2.24, 2.45) is 0 Å². The van der Waals surface area contributed by atoms with Gasteiger partial charge in [-0.05, 0) is 39.7 Å². The van der Waals surface area contributed by atoms with E-state index >= 15 is 0 Å². The fourth-order valence-electron chi connectivity index (χ4n) is 1.41. The van der Waals surface area contributed by atoms with Gasteiger partial charge in [-0.15, -0.1) is 11.3 Å². The maximum atomic E-state index is 12.7. The Hall–Kier alpha value is -0.420. The SMILES string of the molecule is Fc1ccc(CNCc2cc(Br)c(Cl)s2)cc1. The summed E-state index contributed by atoms with van der Waals surface area (Å²) in [5.41, 5.74) is 1.06. The fraction of sp³-hybridized carbons (Fsp3) is 0.167. The highest BCUT2D eigenvalue weighted by Gasteiger charge is 2.03. The van der Waals surface area contributed by atoms with Gasteiger partial charge in [-0.3, -0.25) is 0 Å². The summed E-state index contributed by atoms with van der Waals surface area (Å²) in [6.07, 6.45) is 0. The van der Waals surface area contributed by atoms with E-state index in [9.17, 15) is 4.39 Å². The fourth-order valence-corrected chi connectivity index (χ4v) is 3.17. The van der Waals surface area contributed by atoms with Crippen molar-refractivity contribution >= 4 is 38.9 Å². The maximum Gasteiger partial charge on any atom is 0.123 e. The van der Waals surface area contributed by atoms with Crippen molar-refractivity contribution in [3.63, 3.8) is 0 Å². The second kappa shape index (κ2) is 5.96. The highest BCUT2D eigenvalue weighted by atomic mass is 79.9. The normalized spacial score (nSPS) is 10.8. The smallest absolute Gasteiger partial charge is 0.123 e. The molecule has 1 aromatic heterocycles. The van der Waals surface area contributed by atoms with E-state index < -0.39 is 0 Å². The van der Waals surface area contributed by atoms with Crippen LogP contribution in [0.5, 0.6) is 0 Å². The molecule has 1 nitrogen and oxygen atoms in total. The van der Waals surface area contributed by atoms with Gasteiger partial charge >= 0.3 is 0 Å². The van der Waals surface area contributed by atoms with Crippen LogP contribution in [0.15, 0.2) is 34.8 Å². The molecule has 1 aromatic carbocycles. The predicted molar refractivity (Wildman–Crippen MR) is 74.0 cm³/mol. The quantitative estimate of drug-likeness (QED) is 0.862. The largest absolute Gasteiger partial charge is 0.308 e. The minimum Gasteiger partial charge on any atom is -0.308 e. The first-order valence-electron chi connectivity index (χ1n) is 5.04. The Balaban J connectivity index is 1.85. The zero-order valence-electron chi connectivity index (χ0n) is 8.84. The number of hydrogen-bond donors (Lipinski definition) is 1. The van der Waals surface area contributed by atoms with Crippen LogP contribution in [-0.2, 0) is 13.1 Å². The third-order valence-electron chi connectivity index (χ3n) is 2.24. The van der Waals surface area contributed by atoms with Crippen LogP contribution in [0, 0.1) is 5.82 Å². The molecule has 0 aliphatic heterocycles. The molecule has 0 amide bonds. The molecule has 0 spiro atoms. The molecule has 0 atom stereocenters. The first kappa shape index (κ1) is 13.0. The molecule has 0 bridgehead atoms. The van der Waals surface area contributed by atoms with Gasteiger partial charge in [0.1, 0.15) is 10.2 Å². The second-order valence-corrected chi connectivity index (χ2v) is 6.16. The highest BCUT2D eigenvalue weighted by molar-refractivity contribution is 9.10. The molecule has 0 radical (unpaired) electrons. The van der Waals surface area contributed by atoms with Crippen LogP contribution in [0.25, 0.3) is 0 Å². The second-order valence-electron chi connectivity index (χ2n) is 3.56. The van der Waals surface area contributed by atoms with E-state index in [1.54, 1.807) is 23.5 Å². The zero-order valence-corrected chi connectivity index (χ0v) is 12.0. The van der Waals surface area contributed by atoms with Crippen molar-refractivity contribution in [3.8, 4) is 0 Å². The Labute approximate surface area is 117 Å². The van der Waals surface area contributed by atoms with Gasteiger partial charge in [0.05, 0.1) is 0 Å². The molecule has 0 aliphatic rings. The molecule has 2 rings (SSSR count). The molecule has 0 saturated carbocycles. The Morgan fingerprint density at radius 1 is 1.24 bits per heavy atom. The molecule has 90 valence electrons. The van der Waals surface area contributed by atoms with Gasteiger partial charge in [-0.25, -0.2) is 4.39 Å². The van der Waals surface area contributed by atoms with Gasteiger partial charge in [-0.2, -0.15) is 0 Å². The standard InChI is InChI=1S/C12H10BrClFNS/c13-11-5-10(17-12(11)14)7-16-6-8-1-3-9(15)4-2-8/h1-5,16H,6-7H2. The van der Waals surface area contributed by atoms with E-state index in [4.69, 9.17) is 11.6 Å². The van der Waals surface area contributed by atoms with E-state index in [1.807, 2.05) is 6.07 Å². The predicted octanol–water partition coefficient (Wildman–Crippen LogP) is 4.59. The van der Waals surface area contributed by atoms with E-state index in [0.29, 0.717) is 6.54 Å². The summed E-state index contributed by atoms with van der Waals surface area (Å²) in [6, 6.07) is 8.50. The van der Waals surface area contributed by atoms with Crippen molar-refractivity contribution in [2.75, 3.05) is 0 Å². The van der Waals surface area contributed by atoms with Crippen molar-refractivity contribution in [1.82, 2.24) is 5.32 Å². The molecule has 0 saturated heterocycles. The Morgan fingerprint density at radius 2 is 1.94 bits per heavy atom. The summed E-state index contributed by atoms with van der Waals surface area (Å²) >= 11 is 10.9. The van der Waals surface area contributed by atoms with E-state index in [2.05, 4.69) is 21.2 Å². The summed E-state index contributed by atoms with van der Waals surface area (Å²) < 4.78 is 14.4. The Bertz CT molecular complexity index is 478. The lowest BCUT2D eigenvalue weighted by Gasteiger charge is -2.02. The third-order valence-corrected chi connectivity index (χ3v) is 4.71. The van der Waals surface area contributed by atoms with Crippen LogP contribution < -0.4 is 5.32 Å². The first-order chi connectivity index (χ1) is 8.15.